The second kappa shape index (κ2) is 7.09. The van der Waals surface area contributed by atoms with E-state index in [1.807, 2.05) is 39.8 Å². The number of nitrogens with one attached hydrogen (secondary N) is 2. The normalized spacial score (nSPS) is 11.0. The molecular formula is C17H22N4O2. The van der Waals surface area contributed by atoms with Crippen molar-refractivity contribution in [3.05, 3.63) is 42.4 Å². The molecule has 0 atom stereocenters. The first-order valence-corrected chi connectivity index (χ1v) is 7.52. The highest BCUT2D eigenvalue weighted by atomic mass is 16.5. The van der Waals surface area contributed by atoms with E-state index in [2.05, 4.69) is 20.6 Å². The lowest BCUT2D eigenvalue weighted by atomic mass is 10.1. The first kappa shape index (κ1) is 16.7. The van der Waals surface area contributed by atoms with Gasteiger partial charge in [0.25, 0.3) is 5.91 Å². The van der Waals surface area contributed by atoms with Gasteiger partial charge in [0.2, 0.25) is 0 Å². The lowest BCUT2D eigenvalue weighted by Gasteiger charge is -2.21. The topological polar surface area (TPSA) is 76.1 Å². The predicted molar refractivity (Wildman–Crippen MR) is 91.0 cm³/mol. The number of hydrogen-bond donors (Lipinski definition) is 2. The van der Waals surface area contributed by atoms with Gasteiger partial charge in [-0.2, -0.15) is 0 Å². The monoisotopic (exact) mass is 314 g/mol. The zero-order chi connectivity index (χ0) is 16.9. The Morgan fingerprint density at radius 3 is 2.48 bits per heavy atom. The Kier molecular flexibility index (Phi) is 5.16. The number of carbonyl (C=O) groups excluding carboxylic acids is 1. The molecule has 0 bridgehead atoms. The van der Waals surface area contributed by atoms with Gasteiger partial charge in [-0.1, -0.05) is 0 Å². The fraction of sp³-hybridized carbons (Fsp3) is 0.353. The summed E-state index contributed by atoms with van der Waals surface area (Å²) in [5, 5.41) is 6.02. The summed E-state index contributed by atoms with van der Waals surface area (Å²) in [6.45, 7) is 8.60. The number of aromatic nitrogens is 2. The van der Waals surface area contributed by atoms with E-state index in [0.29, 0.717) is 23.8 Å². The summed E-state index contributed by atoms with van der Waals surface area (Å²) in [4.78, 5) is 20.4. The highest BCUT2D eigenvalue weighted by Crippen LogP contribution is 2.17. The Morgan fingerprint density at radius 2 is 1.87 bits per heavy atom. The maximum atomic E-state index is 12.3. The van der Waals surface area contributed by atoms with E-state index in [0.717, 1.165) is 5.75 Å². The first-order valence-electron chi connectivity index (χ1n) is 7.52. The first-order chi connectivity index (χ1) is 10.9. The summed E-state index contributed by atoms with van der Waals surface area (Å²) in [6, 6.07) is 8.84. The summed E-state index contributed by atoms with van der Waals surface area (Å²) in [5.74, 6) is 1.10. The standard InChI is InChI=1S/C17H22N4O2/c1-5-23-13-8-6-12(7-9-13)20-16(22)14-10-15(19-11-18-14)21-17(2,3)4/h6-11H,5H2,1-4H3,(H,20,22)(H,18,19,21). The number of rotatable bonds is 5. The van der Waals surface area contributed by atoms with Crippen molar-refractivity contribution in [2.75, 3.05) is 17.2 Å². The number of carbonyl (C=O) groups is 1. The molecule has 1 amide bonds. The van der Waals surface area contributed by atoms with Gasteiger partial charge >= 0.3 is 0 Å². The molecule has 0 radical (unpaired) electrons. The Balaban J connectivity index is 2.07. The highest BCUT2D eigenvalue weighted by molar-refractivity contribution is 6.03. The van der Waals surface area contributed by atoms with Crippen LogP contribution in [0, 0.1) is 0 Å². The largest absolute Gasteiger partial charge is 0.494 e. The average Bonchev–Trinajstić information content (AvgIpc) is 2.48. The summed E-state index contributed by atoms with van der Waals surface area (Å²) < 4.78 is 5.37. The maximum absolute atomic E-state index is 12.3. The van der Waals surface area contributed by atoms with Crippen molar-refractivity contribution in [3.63, 3.8) is 0 Å². The number of hydrogen-bond acceptors (Lipinski definition) is 5. The van der Waals surface area contributed by atoms with Crippen molar-refractivity contribution in [2.45, 2.75) is 33.2 Å². The molecule has 0 unspecified atom stereocenters. The summed E-state index contributed by atoms with van der Waals surface area (Å²) in [7, 11) is 0. The van der Waals surface area contributed by atoms with Gasteiger partial charge in [0.1, 0.15) is 23.6 Å². The fourth-order valence-corrected chi connectivity index (χ4v) is 1.93. The lowest BCUT2D eigenvalue weighted by molar-refractivity contribution is 0.102. The number of nitrogens with zero attached hydrogens (tertiary/aromatic N) is 2. The molecule has 0 aliphatic carbocycles. The van der Waals surface area contributed by atoms with E-state index >= 15 is 0 Å². The van der Waals surface area contributed by atoms with Crippen LogP contribution in [-0.4, -0.2) is 28.0 Å². The van der Waals surface area contributed by atoms with E-state index in [4.69, 9.17) is 4.74 Å². The summed E-state index contributed by atoms with van der Waals surface area (Å²) >= 11 is 0. The van der Waals surface area contributed by atoms with E-state index in [9.17, 15) is 4.79 Å². The van der Waals surface area contributed by atoms with Crippen molar-refractivity contribution >= 4 is 17.4 Å². The highest BCUT2D eigenvalue weighted by Gasteiger charge is 2.13. The van der Waals surface area contributed by atoms with Crippen molar-refractivity contribution < 1.29 is 9.53 Å². The van der Waals surface area contributed by atoms with Crippen LogP contribution in [0.3, 0.4) is 0 Å². The molecule has 2 rings (SSSR count). The van der Waals surface area contributed by atoms with Crippen molar-refractivity contribution in [1.29, 1.82) is 0 Å². The quantitative estimate of drug-likeness (QED) is 0.885. The number of ether oxygens (including phenoxy) is 1. The number of benzene rings is 1. The Morgan fingerprint density at radius 1 is 1.17 bits per heavy atom. The fourth-order valence-electron chi connectivity index (χ4n) is 1.93. The molecule has 0 saturated heterocycles. The molecule has 0 aliphatic heterocycles. The zero-order valence-corrected chi connectivity index (χ0v) is 13.9. The summed E-state index contributed by atoms with van der Waals surface area (Å²) in [6.07, 6.45) is 1.38. The van der Waals surface area contributed by atoms with Crippen molar-refractivity contribution in [1.82, 2.24) is 9.97 Å². The molecule has 0 fully saturated rings. The second-order valence-corrected chi connectivity index (χ2v) is 6.08. The maximum Gasteiger partial charge on any atom is 0.274 e. The van der Waals surface area contributed by atoms with Gasteiger partial charge in [0.15, 0.2) is 0 Å². The minimum absolute atomic E-state index is 0.142. The van der Waals surface area contributed by atoms with Crippen LogP contribution in [0.4, 0.5) is 11.5 Å². The van der Waals surface area contributed by atoms with Crippen LogP contribution in [0.1, 0.15) is 38.2 Å². The van der Waals surface area contributed by atoms with E-state index < -0.39 is 0 Å². The Hall–Kier alpha value is -2.63. The second-order valence-electron chi connectivity index (χ2n) is 6.08. The van der Waals surface area contributed by atoms with Crippen molar-refractivity contribution in [3.8, 4) is 5.75 Å². The van der Waals surface area contributed by atoms with Crippen LogP contribution < -0.4 is 15.4 Å². The molecule has 6 heteroatoms. The van der Waals surface area contributed by atoms with Gasteiger partial charge in [-0.3, -0.25) is 4.79 Å². The molecule has 0 aliphatic rings. The van der Waals surface area contributed by atoms with Crippen LogP contribution >= 0.6 is 0 Å². The number of anilines is 2. The third-order valence-corrected chi connectivity index (χ3v) is 2.83. The Bertz CT molecular complexity index is 663. The molecule has 0 spiro atoms. The molecule has 122 valence electrons. The molecule has 1 aromatic carbocycles. The Labute approximate surface area is 136 Å². The molecule has 6 nitrogen and oxygen atoms in total. The van der Waals surface area contributed by atoms with Gasteiger partial charge in [-0.25, -0.2) is 9.97 Å². The van der Waals surface area contributed by atoms with E-state index in [1.54, 1.807) is 18.2 Å². The minimum atomic E-state index is -0.284. The molecule has 2 N–H and O–H groups in total. The average molecular weight is 314 g/mol. The van der Waals surface area contributed by atoms with Crippen LogP contribution in [0.25, 0.3) is 0 Å². The van der Waals surface area contributed by atoms with Gasteiger partial charge in [-0.05, 0) is 52.0 Å². The van der Waals surface area contributed by atoms with E-state index in [1.165, 1.54) is 6.33 Å². The molecular weight excluding hydrogens is 292 g/mol. The summed E-state index contributed by atoms with van der Waals surface area (Å²) in [5.41, 5.74) is 0.847. The van der Waals surface area contributed by atoms with E-state index in [-0.39, 0.29) is 11.4 Å². The zero-order valence-electron chi connectivity index (χ0n) is 13.9. The van der Waals surface area contributed by atoms with Crippen LogP contribution in [0.5, 0.6) is 5.75 Å². The molecule has 1 aromatic heterocycles. The number of amides is 1. The predicted octanol–water partition coefficient (Wildman–Crippen LogP) is 3.34. The lowest BCUT2D eigenvalue weighted by Crippen LogP contribution is -2.27. The van der Waals surface area contributed by atoms with Gasteiger partial charge in [-0.15, -0.1) is 0 Å². The smallest absolute Gasteiger partial charge is 0.274 e. The van der Waals surface area contributed by atoms with Crippen LogP contribution in [0.2, 0.25) is 0 Å². The van der Waals surface area contributed by atoms with Gasteiger partial charge in [0.05, 0.1) is 6.61 Å². The third kappa shape index (κ3) is 5.25. The SMILES string of the molecule is CCOc1ccc(NC(=O)c2cc(NC(C)(C)C)ncn2)cc1. The molecule has 2 aromatic rings. The molecule has 23 heavy (non-hydrogen) atoms. The third-order valence-electron chi connectivity index (χ3n) is 2.83. The molecule has 0 saturated carbocycles. The minimum Gasteiger partial charge on any atom is -0.494 e. The van der Waals surface area contributed by atoms with Crippen LogP contribution in [-0.2, 0) is 0 Å². The van der Waals surface area contributed by atoms with Gasteiger partial charge in [0, 0.05) is 17.3 Å². The van der Waals surface area contributed by atoms with Crippen molar-refractivity contribution in [2.24, 2.45) is 0 Å². The molecule has 1 heterocycles. The van der Waals surface area contributed by atoms with Gasteiger partial charge < -0.3 is 15.4 Å². The van der Waals surface area contributed by atoms with Crippen LogP contribution in [0.15, 0.2) is 36.7 Å².